The van der Waals surface area contributed by atoms with E-state index in [-0.39, 0.29) is 11.5 Å². The summed E-state index contributed by atoms with van der Waals surface area (Å²) in [6.07, 6.45) is 0.808. The first-order valence-electron chi connectivity index (χ1n) is 8.82. The van der Waals surface area contributed by atoms with Gasteiger partial charge in [0.1, 0.15) is 0 Å². The van der Waals surface area contributed by atoms with Crippen molar-refractivity contribution in [2.75, 3.05) is 6.54 Å². The molecule has 0 saturated carbocycles. The molecule has 2 amide bonds. The SMILES string of the molecule is CCCNC(=O)c1cccc(C(=O)NC(C(=O)O)c2cc(C)cc(C)c2)c1. The summed E-state index contributed by atoms with van der Waals surface area (Å²) >= 11 is 0. The number of nitrogens with one attached hydrogen (secondary N) is 2. The fourth-order valence-corrected chi connectivity index (χ4v) is 2.82. The van der Waals surface area contributed by atoms with E-state index in [0.717, 1.165) is 17.5 Å². The molecule has 0 saturated heterocycles. The Kier molecular flexibility index (Phi) is 6.71. The second-order valence-corrected chi connectivity index (χ2v) is 6.50. The van der Waals surface area contributed by atoms with Crippen LogP contribution in [0.25, 0.3) is 0 Å². The van der Waals surface area contributed by atoms with Gasteiger partial charge in [0.05, 0.1) is 0 Å². The molecule has 0 aliphatic carbocycles. The molecule has 27 heavy (non-hydrogen) atoms. The van der Waals surface area contributed by atoms with Gasteiger partial charge in [0.2, 0.25) is 0 Å². The van der Waals surface area contributed by atoms with Gasteiger partial charge in [-0.2, -0.15) is 0 Å². The minimum absolute atomic E-state index is 0.231. The molecule has 0 fully saturated rings. The van der Waals surface area contributed by atoms with E-state index in [1.54, 1.807) is 30.3 Å². The molecule has 6 nitrogen and oxygen atoms in total. The Bertz CT molecular complexity index is 841. The number of amides is 2. The van der Waals surface area contributed by atoms with Crippen molar-refractivity contribution in [2.24, 2.45) is 0 Å². The van der Waals surface area contributed by atoms with Crippen LogP contribution < -0.4 is 10.6 Å². The lowest BCUT2D eigenvalue weighted by molar-refractivity contribution is -0.139. The molecule has 1 unspecified atom stereocenters. The molecule has 2 aromatic rings. The molecule has 142 valence electrons. The van der Waals surface area contributed by atoms with Crippen molar-refractivity contribution in [3.63, 3.8) is 0 Å². The zero-order chi connectivity index (χ0) is 20.0. The number of aryl methyl sites for hydroxylation is 2. The Balaban J connectivity index is 2.23. The summed E-state index contributed by atoms with van der Waals surface area (Å²) in [5.41, 5.74) is 2.93. The van der Waals surface area contributed by atoms with Crippen LogP contribution in [0.15, 0.2) is 42.5 Å². The van der Waals surface area contributed by atoms with E-state index in [9.17, 15) is 19.5 Å². The van der Waals surface area contributed by atoms with Crippen LogP contribution >= 0.6 is 0 Å². The maximum Gasteiger partial charge on any atom is 0.330 e. The van der Waals surface area contributed by atoms with Gasteiger partial charge in [0, 0.05) is 17.7 Å². The van der Waals surface area contributed by atoms with E-state index in [0.29, 0.717) is 17.7 Å². The topological polar surface area (TPSA) is 95.5 Å². The van der Waals surface area contributed by atoms with Crippen molar-refractivity contribution in [1.29, 1.82) is 0 Å². The smallest absolute Gasteiger partial charge is 0.330 e. The Morgan fingerprint density at radius 1 is 0.963 bits per heavy atom. The lowest BCUT2D eigenvalue weighted by atomic mass is 10.0. The van der Waals surface area contributed by atoms with E-state index in [1.807, 2.05) is 26.8 Å². The van der Waals surface area contributed by atoms with Crippen LogP contribution in [-0.4, -0.2) is 29.4 Å². The molecule has 0 radical (unpaired) electrons. The number of carbonyl (C=O) groups is 3. The summed E-state index contributed by atoms with van der Waals surface area (Å²) in [4.78, 5) is 36.4. The van der Waals surface area contributed by atoms with Crippen LogP contribution in [0.3, 0.4) is 0 Å². The van der Waals surface area contributed by atoms with Crippen molar-refractivity contribution < 1.29 is 19.5 Å². The second kappa shape index (κ2) is 8.98. The molecule has 0 spiro atoms. The molecule has 0 aliphatic heterocycles. The summed E-state index contributed by atoms with van der Waals surface area (Å²) in [7, 11) is 0. The van der Waals surface area contributed by atoms with E-state index >= 15 is 0 Å². The van der Waals surface area contributed by atoms with Crippen LogP contribution in [0.4, 0.5) is 0 Å². The molecule has 0 bridgehead atoms. The fraction of sp³-hybridized carbons (Fsp3) is 0.286. The van der Waals surface area contributed by atoms with Crippen molar-refractivity contribution in [3.05, 3.63) is 70.3 Å². The average Bonchev–Trinajstić information content (AvgIpc) is 2.62. The predicted octanol–water partition coefficient (Wildman–Crippen LogP) is 3.00. The number of carboxylic acid groups (broad SMARTS) is 1. The third-order valence-electron chi connectivity index (χ3n) is 4.02. The lowest BCUT2D eigenvalue weighted by Crippen LogP contribution is -2.34. The third kappa shape index (κ3) is 5.41. The molecule has 2 rings (SSSR count). The first kappa shape index (κ1) is 20.2. The number of rotatable bonds is 7. The molecule has 2 aromatic carbocycles. The average molecular weight is 368 g/mol. The summed E-state index contributed by atoms with van der Waals surface area (Å²) in [6, 6.07) is 10.5. The first-order valence-corrected chi connectivity index (χ1v) is 8.82. The van der Waals surface area contributed by atoms with Crippen LogP contribution in [-0.2, 0) is 4.79 Å². The van der Waals surface area contributed by atoms with Crippen molar-refractivity contribution >= 4 is 17.8 Å². The summed E-state index contributed by atoms with van der Waals surface area (Å²) in [5, 5.41) is 14.9. The highest BCUT2D eigenvalue weighted by Crippen LogP contribution is 2.18. The van der Waals surface area contributed by atoms with Gasteiger partial charge in [-0.3, -0.25) is 9.59 Å². The standard InChI is InChI=1S/C21H24N2O4/c1-4-8-22-19(24)15-6-5-7-16(12-15)20(25)23-18(21(26)27)17-10-13(2)9-14(3)11-17/h5-7,9-12,18H,4,8H2,1-3H3,(H,22,24)(H,23,25)(H,26,27). The van der Waals surface area contributed by atoms with Gasteiger partial charge in [0.15, 0.2) is 6.04 Å². The van der Waals surface area contributed by atoms with E-state index in [2.05, 4.69) is 10.6 Å². The number of aliphatic carboxylic acids is 1. The molecule has 1 atom stereocenters. The first-order chi connectivity index (χ1) is 12.8. The molecule has 3 N–H and O–H groups in total. The largest absolute Gasteiger partial charge is 0.479 e. The Morgan fingerprint density at radius 2 is 1.56 bits per heavy atom. The van der Waals surface area contributed by atoms with Crippen LogP contribution in [0.2, 0.25) is 0 Å². The Morgan fingerprint density at radius 3 is 2.11 bits per heavy atom. The highest BCUT2D eigenvalue weighted by molar-refractivity contribution is 6.00. The normalized spacial score (nSPS) is 11.5. The number of hydrogen-bond acceptors (Lipinski definition) is 3. The van der Waals surface area contributed by atoms with Gasteiger partial charge in [-0.15, -0.1) is 0 Å². The van der Waals surface area contributed by atoms with Crippen LogP contribution in [0.5, 0.6) is 0 Å². The molecular formula is C21H24N2O4. The molecule has 6 heteroatoms. The molecule has 0 heterocycles. The van der Waals surface area contributed by atoms with Gasteiger partial charge in [-0.25, -0.2) is 4.79 Å². The Labute approximate surface area is 158 Å². The highest BCUT2D eigenvalue weighted by atomic mass is 16.4. The monoisotopic (exact) mass is 368 g/mol. The van der Waals surface area contributed by atoms with Crippen molar-refractivity contribution in [2.45, 2.75) is 33.2 Å². The quantitative estimate of drug-likeness (QED) is 0.700. The summed E-state index contributed by atoms with van der Waals surface area (Å²) < 4.78 is 0. The maximum absolute atomic E-state index is 12.6. The number of carbonyl (C=O) groups excluding carboxylic acids is 2. The fourth-order valence-electron chi connectivity index (χ4n) is 2.82. The molecule has 0 aliphatic rings. The lowest BCUT2D eigenvalue weighted by Gasteiger charge is -2.16. The minimum Gasteiger partial charge on any atom is -0.479 e. The predicted molar refractivity (Wildman–Crippen MR) is 103 cm³/mol. The zero-order valence-electron chi connectivity index (χ0n) is 15.7. The second-order valence-electron chi connectivity index (χ2n) is 6.50. The maximum atomic E-state index is 12.6. The molecule has 0 aromatic heterocycles. The van der Waals surface area contributed by atoms with E-state index in [1.165, 1.54) is 6.07 Å². The van der Waals surface area contributed by atoms with Gasteiger partial charge in [-0.1, -0.05) is 42.3 Å². The van der Waals surface area contributed by atoms with Gasteiger partial charge < -0.3 is 15.7 Å². The van der Waals surface area contributed by atoms with E-state index in [4.69, 9.17) is 0 Å². The summed E-state index contributed by atoms with van der Waals surface area (Å²) in [6.45, 7) is 6.23. The number of benzene rings is 2. The minimum atomic E-state index is -1.17. The zero-order valence-corrected chi connectivity index (χ0v) is 15.7. The van der Waals surface area contributed by atoms with E-state index < -0.39 is 17.9 Å². The van der Waals surface area contributed by atoms with Gasteiger partial charge >= 0.3 is 5.97 Å². The van der Waals surface area contributed by atoms with Crippen molar-refractivity contribution in [1.82, 2.24) is 10.6 Å². The molecular weight excluding hydrogens is 344 g/mol. The highest BCUT2D eigenvalue weighted by Gasteiger charge is 2.23. The van der Waals surface area contributed by atoms with Crippen LogP contribution in [0, 0.1) is 13.8 Å². The van der Waals surface area contributed by atoms with Crippen molar-refractivity contribution in [3.8, 4) is 0 Å². The summed E-state index contributed by atoms with van der Waals surface area (Å²) in [5.74, 6) is -1.97. The van der Waals surface area contributed by atoms with Crippen LogP contribution in [0.1, 0.15) is 56.8 Å². The Hall–Kier alpha value is -3.15. The number of carboxylic acids is 1. The number of hydrogen-bond donors (Lipinski definition) is 3. The third-order valence-corrected chi connectivity index (χ3v) is 4.02. The van der Waals surface area contributed by atoms with Gasteiger partial charge in [0.25, 0.3) is 11.8 Å². The van der Waals surface area contributed by atoms with Gasteiger partial charge in [-0.05, 0) is 44.0 Å².